The van der Waals surface area contributed by atoms with Gasteiger partial charge in [0.1, 0.15) is 6.42 Å². The van der Waals surface area contributed by atoms with E-state index in [1.54, 1.807) is 0 Å². The lowest BCUT2D eigenvalue weighted by Gasteiger charge is -2.08. The Morgan fingerprint density at radius 1 is 1.10 bits per heavy atom. The van der Waals surface area contributed by atoms with Gasteiger partial charge in [0.2, 0.25) is 0 Å². The van der Waals surface area contributed by atoms with E-state index in [1.165, 1.54) is 0 Å². The van der Waals surface area contributed by atoms with Crippen molar-refractivity contribution in [2.45, 2.75) is 6.42 Å². The third kappa shape index (κ3) is 1.44. The molecule has 0 unspecified atom stereocenters. The molecule has 0 aromatic heterocycles. The minimum atomic E-state index is -4.38. The van der Waals surface area contributed by atoms with Crippen molar-refractivity contribution in [2.24, 2.45) is 0 Å². The van der Waals surface area contributed by atoms with Gasteiger partial charge in [-0.2, -0.15) is 0 Å². The molecule has 1 rings (SSSR count). The van der Waals surface area contributed by atoms with Crippen LogP contribution in [-0.4, -0.2) is 20.4 Å². The summed E-state index contributed by atoms with van der Waals surface area (Å²) < 4.78 is 27.6. The normalized spacial score (nSPS) is 23.2. The topological polar surface area (TPSA) is 86.7 Å². The number of hydrogen-bond acceptors (Lipinski definition) is 6. The maximum atomic E-state index is 10.2. The van der Waals surface area contributed by atoms with Crippen LogP contribution in [0.2, 0.25) is 0 Å². The lowest BCUT2D eigenvalue weighted by atomic mass is 10.5. The Kier molecular flexibility index (Phi) is 1.36. The van der Waals surface area contributed by atoms with Gasteiger partial charge in [-0.25, -0.2) is 0 Å². The molecular formula is C3H2O6S. The van der Waals surface area contributed by atoms with Crippen LogP contribution in [0.25, 0.3) is 0 Å². The highest BCUT2D eigenvalue weighted by molar-refractivity contribution is 7.82. The van der Waals surface area contributed by atoms with Crippen molar-refractivity contribution < 1.29 is 26.4 Å². The molecule has 1 fully saturated rings. The van der Waals surface area contributed by atoms with Crippen molar-refractivity contribution in [3.05, 3.63) is 0 Å². The van der Waals surface area contributed by atoms with Crippen molar-refractivity contribution in [2.75, 3.05) is 0 Å². The predicted octanol–water partition coefficient (Wildman–Crippen LogP) is -1.28. The lowest BCUT2D eigenvalue weighted by molar-refractivity contribution is -0.149. The Labute approximate surface area is 56.1 Å². The molecule has 0 saturated carbocycles. The molecule has 0 radical (unpaired) electrons. The van der Waals surface area contributed by atoms with Gasteiger partial charge in [0.15, 0.2) is 0 Å². The zero-order valence-electron chi connectivity index (χ0n) is 4.56. The van der Waals surface area contributed by atoms with E-state index in [2.05, 4.69) is 8.37 Å². The van der Waals surface area contributed by atoms with Crippen LogP contribution in [0, 0.1) is 0 Å². The zero-order chi connectivity index (χ0) is 7.78. The van der Waals surface area contributed by atoms with Gasteiger partial charge in [0.25, 0.3) is 0 Å². The van der Waals surface area contributed by atoms with Gasteiger partial charge >= 0.3 is 22.3 Å². The summed E-state index contributed by atoms with van der Waals surface area (Å²) in [7, 11) is -4.38. The van der Waals surface area contributed by atoms with E-state index >= 15 is 0 Å². The SMILES string of the molecule is O=C1CC(=O)OS(=O)(=O)O1. The molecule has 10 heavy (non-hydrogen) atoms. The van der Waals surface area contributed by atoms with E-state index in [0.29, 0.717) is 0 Å². The highest BCUT2D eigenvalue weighted by Crippen LogP contribution is 2.07. The molecule has 0 aliphatic carbocycles. The summed E-state index contributed by atoms with van der Waals surface area (Å²) in [5.74, 6) is -2.23. The fourth-order valence-electron chi connectivity index (χ4n) is 0.421. The summed E-state index contributed by atoms with van der Waals surface area (Å²) in [6, 6.07) is 0. The number of carbonyl (C=O) groups excluding carboxylic acids is 2. The van der Waals surface area contributed by atoms with Crippen LogP contribution in [0.4, 0.5) is 0 Å². The Balaban J connectivity index is 2.89. The first kappa shape index (κ1) is 7.00. The Morgan fingerprint density at radius 3 is 1.80 bits per heavy atom. The van der Waals surface area contributed by atoms with Gasteiger partial charge < -0.3 is 8.37 Å². The molecule has 6 nitrogen and oxygen atoms in total. The van der Waals surface area contributed by atoms with Crippen molar-refractivity contribution in [3.8, 4) is 0 Å². The first-order chi connectivity index (χ1) is 4.49. The molecule has 0 N–H and O–H groups in total. The van der Waals surface area contributed by atoms with E-state index in [0.717, 1.165) is 0 Å². The van der Waals surface area contributed by atoms with E-state index in [4.69, 9.17) is 0 Å². The fraction of sp³-hybridized carbons (Fsp3) is 0.333. The smallest absolute Gasteiger partial charge is 0.315 e. The maximum Gasteiger partial charge on any atom is 0.506 e. The quantitative estimate of drug-likeness (QED) is 0.416. The average molecular weight is 166 g/mol. The third-order valence-corrected chi connectivity index (χ3v) is 1.46. The molecule has 0 atom stereocenters. The summed E-state index contributed by atoms with van der Waals surface area (Å²) in [4.78, 5) is 20.4. The molecule has 1 heterocycles. The zero-order valence-corrected chi connectivity index (χ0v) is 5.38. The summed E-state index contributed by atoms with van der Waals surface area (Å²) in [5.41, 5.74) is 0. The van der Waals surface area contributed by atoms with Gasteiger partial charge in [0.05, 0.1) is 0 Å². The Hall–Kier alpha value is -1.11. The predicted molar refractivity (Wildman–Crippen MR) is 25.7 cm³/mol. The van der Waals surface area contributed by atoms with Crippen LogP contribution < -0.4 is 0 Å². The Bertz CT molecular complexity index is 251. The second-order valence-electron chi connectivity index (χ2n) is 1.50. The highest BCUT2D eigenvalue weighted by Gasteiger charge is 2.31. The van der Waals surface area contributed by atoms with Gasteiger partial charge in [0, 0.05) is 0 Å². The summed E-state index contributed by atoms with van der Waals surface area (Å²) >= 11 is 0. The summed E-state index contributed by atoms with van der Waals surface area (Å²) in [6.45, 7) is 0. The van der Waals surface area contributed by atoms with E-state index in [9.17, 15) is 18.0 Å². The molecule has 0 bridgehead atoms. The molecular weight excluding hydrogens is 164 g/mol. The minimum absolute atomic E-state index is 0.654. The van der Waals surface area contributed by atoms with Gasteiger partial charge in [-0.15, -0.1) is 8.42 Å². The van der Waals surface area contributed by atoms with E-state index in [-0.39, 0.29) is 0 Å². The number of hydrogen-bond donors (Lipinski definition) is 0. The third-order valence-electron chi connectivity index (χ3n) is 0.679. The molecule has 56 valence electrons. The van der Waals surface area contributed by atoms with Crippen LogP contribution in [0.1, 0.15) is 6.42 Å². The van der Waals surface area contributed by atoms with Gasteiger partial charge in [-0.1, -0.05) is 0 Å². The fourth-order valence-corrected chi connectivity index (χ4v) is 1.03. The van der Waals surface area contributed by atoms with Crippen LogP contribution >= 0.6 is 0 Å². The molecule has 0 aromatic rings. The van der Waals surface area contributed by atoms with Crippen molar-refractivity contribution in [1.29, 1.82) is 0 Å². The molecule has 0 amide bonds. The summed E-state index contributed by atoms with van der Waals surface area (Å²) in [6.07, 6.45) is -0.654. The largest absolute Gasteiger partial charge is 0.506 e. The lowest BCUT2D eigenvalue weighted by Crippen LogP contribution is -2.27. The molecule has 1 aliphatic heterocycles. The molecule has 1 saturated heterocycles. The molecule has 0 aromatic carbocycles. The summed E-state index contributed by atoms with van der Waals surface area (Å²) in [5, 5.41) is 0. The van der Waals surface area contributed by atoms with Crippen LogP contribution in [0.3, 0.4) is 0 Å². The molecule has 7 heteroatoms. The number of carbonyl (C=O) groups is 2. The molecule has 1 aliphatic rings. The van der Waals surface area contributed by atoms with Crippen LogP contribution in [0.15, 0.2) is 0 Å². The van der Waals surface area contributed by atoms with Crippen molar-refractivity contribution >= 4 is 22.3 Å². The van der Waals surface area contributed by atoms with Crippen LogP contribution in [-0.2, 0) is 28.4 Å². The second kappa shape index (κ2) is 1.94. The number of rotatable bonds is 0. The first-order valence-electron chi connectivity index (χ1n) is 2.19. The van der Waals surface area contributed by atoms with Gasteiger partial charge in [-0.3, -0.25) is 9.59 Å². The standard InChI is InChI=1S/C3H2O6S/c4-2-1-3(5)9-10(6,7)8-2/h1H2. The Morgan fingerprint density at radius 2 is 1.50 bits per heavy atom. The molecule has 0 spiro atoms. The van der Waals surface area contributed by atoms with Crippen molar-refractivity contribution in [1.82, 2.24) is 0 Å². The van der Waals surface area contributed by atoms with E-state index in [1.807, 2.05) is 0 Å². The van der Waals surface area contributed by atoms with Crippen molar-refractivity contribution in [3.63, 3.8) is 0 Å². The first-order valence-corrected chi connectivity index (χ1v) is 3.52. The monoisotopic (exact) mass is 166 g/mol. The van der Waals surface area contributed by atoms with Gasteiger partial charge in [-0.05, 0) is 0 Å². The maximum absolute atomic E-state index is 10.2. The second-order valence-corrected chi connectivity index (χ2v) is 2.65. The minimum Gasteiger partial charge on any atom is -0.315 e. The van der Waals surface area contributed by atoms with Crippen LogP contribution in [0.5, 0.6) is 0 Å². The van der Waals surface area contributed by atoms with E-state index < -0.39 is 28.8 Å². The highest BCUT2D eigenvalue weighted by atomic mass is 32.3. The average Bonchev–Trinajstić information content (AvgIpc) is 1.54.